The average Bonchev–Trinajstić information content (AvgIpc) is 2.50. The summed E-state index contributed by atoms with van der Waals surface area (Å²) in [4.78, 5) is 38.1. The Labute approximate surface area is 129 Å². The Hall–Kier alpha value is -2.55. The summed E-state index contributed by atoms with van der Waals surface area (Å²) in [6.07, 6.45) is 0. The number of morpholine rings is 1. The topological polar surface area (TPSA) is 79.0 Å². The molecule has 122 valence electrons. The van der Waals surface area contributed by atoms with Gasteiger partial charge < -0.3 is 15.0 Å². The molecule has 3 rings (SSSR count). The minimum atomic E-state index is -1.12. The van der Waals surface area contributed by atoms with E-state index in [1.807, 2.05) is 0 Å². The maximum absolute atomic E-state index is 13.5. The zero-order chi connectivity index (χ0) is 16.6. The van der Waals surface area contributed by atoms with Crippen LogP contribution in [0, 0.1) is 11.6 Å². The number of rotatable bonds is 2. The maximum Gasteiger partial charge on any atom is 0.249 e. The zero-order valence-corrected chi connectivity index (χ0v) is 12.0. The second kappa shape index (κ2) is 5.92. The van der Waals surface area contributed by atoms with Crippen molar-refractivity contribution in [2.24, 2.45) is 0 Å². The van der Waals surface area contributed by atoms with Gasteiger partial charge in [-0.15, -0.1) is 0 Å². The fourth-order valence-electron chi connectivity index (χ4n) is 2.47. The minimum Gasteiger partial charge on any atom is -0.370 e. The molecule has 0 unspecified atom stereocenters. The Bertz CT molecular complexity index is 695. The molecule has 7 nitrogen and oxygen atoms in total. The molecule has 1 fully saturated rings. The monoisotopic (exact) mass is 325 g/mol. The van der Waals surface area contributed by atoms with Crippen molar-refractivity contribution in [1.29, 1.82) is 0 Å². The normalized spacial score (nSPS) is 17.8. The summed E-state index contributed by atoms with van der Waals surface area (Å²) in [6, 6.07) is 1.67. The van der Waals surface area contributed by atoms with Gasteiger partial charge in [0.05, 0.1) is 18.0 Å². The smallest absolute Gasteiger partial charge is 0.249 e. The SMILES string of the molecule is O=C1CN(C(=O)CN2CCOCC2=O)c2cc(F)c(F)cc2N1. The highest BCUT2D eigenvalue weighted by molar-refractivity contribution is 6.10. The molecule has 2 aliphatic heterocycles. The van der Waals surface area contributed by atoms with Crippen LogP contribution < -0.4 is 10.2 Å². The summed E-state index contributed by atoms with van der Waals surface area (Å²) >= 11 is 0. The molecule has 1 N–H and O–H groups in total. The summed E-state index contributed by atoms with van der Waals surface area (Å²) in [5, 5.41) is 2.39. The fourth-order valence-corrected chi connectivity index (χ4v) is 2.47. The largest absolute Gasteiger partial charge is 0.370 e. The lowest BCUT2D eigenvalue weighted by atomic mass is 10.1. The van der Waals surface area contributed by atoms with Crippen LogP contribution in [0.5, 0.6) is 0 Å². The molecule has 23 heavy (non-hydrogen) atoms. The molecule has 0 radical (unpaired) electrons. The van der Waals surface area contributed by atoms with Crippen molar-refractivity contribution in [3.8, 4) is 0 Å². The Morgan fingerprint density at radius 3 is 2.74 bits per heavy atom. The number of hydrogen-bond donors (Lipinski definition) is 1. The van der Waals surface area contributed by atoms with Crippen LogP contribution in [0.4, 0.5) is 20.2 Å². The highest BCUT2D eigenvalue weighted by atomic mass is 19.2. The Kier molecular flexibility index (Phi) is 3.95. The molecule has 1 aromatic carbocycles. The molecule has 1 aromatic rings. The molecule has 9 heteroatoms. The van der Waals surface area contributed by atoms with Gasteiger partial charge >= 0.3 is 0 Å². The van der Waals surface area contributed by atoms with Crippen molar-refractivity contribution < 1.29 is 27.9 Å². The standard InChI is InChI=1S/C14H13F2N3O4/c15-8-3-10-11(4-9(8)16)19(5-12(20)17-10)13(21)6-18-1-2-23-7-14(18)22/h3-4H,1-2,5-7H2,(H,17,20). The Morgan fingerprint density at radius 1 is 1.26 bits per heavy atom. The van der Waals surface area contributed by atoms with Gasteiger partial charge in [0.25, 0.3) is 0 Å². The van der Waals surface area contributed by atoms with E-state index >= 15 is 0 Å². The van der Waals surface area contributed by atoms with Gasteiger partial charge in [-0.05, 0) is 0 Å². The van der Waals surface area contributed by atoms with E-state index in [0.717, 1.165) is 17.0 Å². The third kappa shape index (κ3) is 3.00. The number of nitrogens with zero attached hydrogens (tertiary/aromatic N) is 2. The number of halogens is 2. The van der Waals surface area contributed by atoms with Gasteiger partial charge in [-0.3, -0.25) is 19.3 Å². The first kappa shape index (κ1) is 15.3. The predicted molar refractivity (Wildman–Crippen MR) is 74.7 cm³/mol. The molecule has 0 atom stereocenters. The Balaban J connectivity index is 1.85. The molecule has 3 amide bonds. The quantitative estimate of drug-likeness (QED) is 0.837. The van der Waals surface area contributed by atoms with E-state index in [9.17, 15) is 23.2 Å². The Morgan fingerprint density at radius 2 is 2.00 bits per heavy atom. The van der Waals surface area contributed by atoms with Crippen LogP contribution in [-0.2, 0) is 19.1 Å². The van der Waals surface area contributed by atoms with Crippen molar-refractivity contribution in [3.63, 3.8) is 0 Å². The molecule has 0 saturated carbocycles. The molecule has 0 aromatic heterocycles. The van der Waals surface area contributed by atoms with Gasteiger partial charge in [-0.1, -0.05) is 0 Å². The van der Waals surface area contributed by atoms with Gasteiger partial charge in [0.2, 0.25) is 17.7 Å². The zero-order valence-electron chi connectivity index (χ0n) is 12.0. The number of nitrogens with one attached hydrogen (secondary N) is 1. The van der Waals surface area contributed by atoms with E-state index in [2.05, 4.69) is 5.32 Å². The molecule has 0 spiro atoms. The number of fused-ring (bicyclic) bond motifs is 1. The first-order valence-corrected chi connectivity index (χ1v) is 6.90. The maximum atomic E-state index is 13.5. The van der Waals surface area contributed by atoms with E-state index in [1.54, 1.807) is 0 Å². The van der Waals surface area contributed by atoms with Crippen molar-refractivity contribution in [1.82, 2.24) is 4.90 Å². The molecule has 0 bridgehead atoms. The molecular weight excluding hydrogens is 312 g/mol. The predicted octanol–water partition coefficient (Wildman–Crippen LogP) is 0.109. The van der Waals surface area contributed by atoms with Crippen LogP contribution in [0.1, 0.15) is 0 Å². The first-order valence-electron chi connectivity index (χ1n) is 6.90. The van der Waals surface area contributed by atoms with Crippen molar-refractivity contribution in [2.45, 2.75) is 0 Å². The number of anilines is 2. The highest BCUT2D eigenvalue weighted by Crippen LogP contribution is 2.31. The number of carbonyl (C=O) groups excluding carboxylic acids is 3. The summed E-state index contributed by atoms with van der Waals surface area (Å²) in [5.74, 6) is -3.66. The second-order valence-electron chi connectivity index (χ2n) is 5.18. The second-order valence-corrected chi connectivity index (χ2v) is 5.18. The number of ether oxygens (including phenoxy) is 1. The fraction of sp³-hybridized carbons (Fsp3) is 0.357. The van der Waals surface area contributed by atoms with E-state index in [-0.39, 0.29) is 43.5 Å². The number of benzene rings is 1. The van der Waals surface area contributed by atoms with Gasteiger partial charge in [0, 0.05) is 18.7 Å². The van der Waals surface area contributed by atoms with Crippen molar-refractivity contribution in [2.75, 3.05) is 43.1 Å². The lowest BCUT2D eigenvalue weighted by Gasteiger charge is -2.32. The third-order valence-corrected chi connectivity index (χ3v) is 3.62. The number of hydrogen-bond acceptors (Lipinski definition) is 4. The third-order valence-electron chi connectivity index (χ3n) is 3.62. The van der Waals surface area contributed by atoms with E-state index in [1.165, 1.54) is 4.90 Å². The summed E-state index contributed by atoms with van der Waals surface area (Å²) in [5.41, 5.74) is 0.0796. The van der Waals surface area contributed by atoms with Crippen molar-refractivity contribution in [3.05, 3.63) is 23.8 Å². The summed E-state index contributed by atoms with van der Waals surface area (Å²) < 4.78 is 31.7. The molecule has 2 aliphatic rings. The lowest BCUT2D eigenvalue weighted by Crippen LogP contribution is -2.50. The highest BCUT2D eigenvalue weighted by Gasteiger charge is 2.31. The molecule has 2 heterocycles. The van der Waals surface area contributed by atoms with Gasteiger partial charge in [0.15, 0.2) is 11.6 Å². The van der Waals surface area contributed by atoms with Crippen LogP contribution in [-0.4, -0.2) is 55.5 Å². The van der Waals surface area contributed by atoms with Gasteiger partial charge in [-0.25, -0.2) is 8.78 Å². The van der Waals surface area contributed by atoms with Crippen LogP contribution >= 0.6 is 0 Å². The first-order chi connectivity index (χ1) is 11.0. The van der Waals surface area contributed by atoms with E-state index in [0.29, 0.717) is 6.61 Å². The van der Waals surface area contributed by atoms with Crippen LogP contribution in [0.2, 0.25) is 0 Å². The number of amides is 3. The molecule has 1 saturated heterocycles. The van der Waals surface area contributed by atoms with Crippen molar-refractivity contribution >= 4 is 29.1 Å². The van der Waals surface area contributed by atoms with Gasteiger partial charge in [0.1, 0.15) is 19.7 Å². The minimum absolute atomic E-state index is 0.0156. The number of carbonyl (C=O) groups is 3. The van der Waals surface area contributed by atoms with E-state index < -0.39 is 23.4 Å². The molecule has 0 aliphatic carbocycles. The summed E-state index contributed by atoms with van der Waals surface area (Å²) in [7, 11) is 0. The lowest BCUT2D eigenvalue weighted by molar-refractivity contribution is -0.145. The van der Waals surface area contributed by atoms with Crippen LogP contribution in [0.15, 0.2) is 12.1 Å². The molecular formula is C14H13F2N3O4. The van der Waals surface area contributed by atoms with Gasteiger partial charge in [-0.2, -0.15) is 0 Å². The summed E-state index contributed by atoms with van der Waals surface area (Å²) in [6.45, 7) is -0.112. The average molecular weight is 325 g/mol. The van der Waals surface area contributed by atoms with Crippen LogP contribution in [0.25, 0.3) is 0 Å². The van der Waals surface area contributed by atoms with E-state index in [4.69, 9.17) is 4.74 Å². The van der Waals surface area contributed by atoms with Crippen LogP contribution in [0.3, 0.4) is 0 Å².